The second-order valence-corrected chi connectivity index (χ2v) is 20.8. The standard InChI is InChI=1S/C57H56O26/c58-17-41-48(71)50(73)52(75)56(82-41)80-39-11-22(60)10-38-45(39)23(12-35(77-38)19-1-4-25(61)28(64)7-19)43-33(69)16-40(81-57-53(76)51(74)49(72)42(18-59)83-57)46-24(13-36(78-54(43)46)20-2-5-26(62)29(65)8-20)44-31(67)14-32(68)47-34(70)15-37(79-55(44)47)21-3-6-27(63)30(66)9-21/h1-11,14,16,23-24,35-37,41-42,48-53,56-69,71-76H,12-13,15,17-18H2/t23-,24-,35-,36-,37+,41-,42-,48-,49-,50+,51+,52-,53-,56-,57-/m1/s1. The molecule has 5 aliphatic heterocycles. The minimum Gasteiger partial charge on any atom is -0.508 e. The molecule has 440 valence electrons. The third-order valence-electron chi connectivity index (χ3n) is 15.7. The Balaban J connectivity index is 1.19. The number of ether oxygens (including phenoxy) is 7. The van der Waals surface area contributed by atoms with Crippen LogP contribution in [-0.2, 0) is 9.47 Å². The minimum absolute atomic E-state index is 0.0811. The highest BCUT2D eigenvalue weighted by Crippen LogP contribution is 2.63. The number of phenols is 10. The number of hydrogen-bond acceptors (Lipinski definition) is 26. The van der Waals surface area contributed by atoms with Gasteiger partial charge in [-0.3, -0.25) is 4.79 Å². The molecular formula is C57H56O26. The quantitative estimate of drug-likeness (QED) is 0.0826. The maximum atomic E-state index is 14.4. The van der Waals surface area contributed by atoms with Gasteiger partial charge in [0.15, 0.2) is 40.3 Å². The first kappa shape index (κ1) is 56.5. The number of aliphatic hydroxyl groups excluding tert-OH is 8. The Morgan fingerprint density at radius 2 is 0.867 bits per heavy atom. The SMILES string of the molecule is O=C1C[C@@H](c2ccc(O)c(O)c2)Oc2c1c(O)cc(O)c2[C@H]1C[C@H](c2ccc(O)c(O)c2)Oc2c([C@H]3C[C@H](c4ccc(O)c(O)c4)Oc4cc(O)cc(O[C@@H]5O[C@H](CO)[C@@H](O)[C@H](O)[C@H]5O)c43)c(O)cc(O[C@@H]3O[C@H](CO)[C@@H](O)[C@H](O)[C@H]3O)c21. The molecule has 26 nitrogen and oxygen atoms in total. The van der Waals surface area contributed by atoms with Crippen LogP contribution < -0.4 is 23.7 Å². The molecule has 0 aromatic heterocycles. The maximum absolute atomic E-state index is 14.4. The number of carbonyl (C=O) groups excluding carboxylic acids is 1. The van der Waals surface area contributed by atoms with E-state index in [9.17, 15) is 96.7 Å². The molecule has 5 aliphatic rings. The lowest BCUT2D eigenvalue weighted by Gasteiger charge is -2.42. The molecule has 15 atom stereocenters. The van der Waals surface area contributed by atoms with Crippen LogP contribution in [0.25, 0.3) is 0 Å². The summed E-state index contributed by atoms with van der Waals surface area (Å²) in [6, 6.07) is 15.1. The molecule has 0 amide bonds. The van der Waals surface area contributed by atoms with Crippen molar-refractivity contribution < 1.29 is 130 Å². The molecule has 0 bridgehead atoms. The predicted molar refractivity (Wildman–Crippen MR) is 276 cm³/mol. The lowest BCUT2D eigenvalue weighted by Crippen LogP contribution is -2.60. The van der Waals surface area contributed by atoms with Gasteiger partial charge in [0.1, 0.15) is 124 Å². The van der Waals surface area contributed by atoms with Gasteiger partial charge in [0.25, 0.3) is 0 Å². The number of phenolic OH excluding ortho intramolecular Hbond substituents is 10. The van der Waals surface area contributed by atoms with Crippen LogP contribution in [0.4, 0.5) is 0 Å². The lowest BCUT2D eigenvalue weighted by molar-refractivity contribution is -0.277. The molecule has 0 spiro atoms. The second-order valence-electron chi connectivity index (χ2n) is 20.8. The number of rotatable bonds is 11. The Morgan fingerprint density at radius 3 is 1.37 bits per heavy atom. The van der Waals surface area contributed by atoms with E-state index in [1.807, 2.05) is 0 Å². The summed E-state index contributed by atoms with van der Waals surface area (Å²) >= 11 is 0. The Kier molecular flexibility index (Phi) is 14.8. The van der Waals surface area contributed by atoms with Gasteiger partial charge in [-0.25, -0.2) is 0 Å². The fourth-order valence-electron chi connectivity index (χ4n) is 11.5. The summed E-state index contributed by atoms with van der Waals surface area (Å²) in [6.45, 7) is -1.78. The number of benzene rings is 6. The van der Waals surface area contributed by atoms with Gasteiger partial charge < -0.3 is 125 Å². The van der Waals surface area contributed by atoms with E-state index in [0.29, 0.717) is 0 Å². The number of fused-ring (bicyclic) bond motifs is 3. The predicted octanol–water partition coefficient (Wildman–Crippen LogP) is 2.12. The summed E-state index contributed by atoms with van der Waals surface area (Å²) in [7, 11) is 0. The van der Waals surface area contributed by atoms with Crippen LogP contribution in [0.3, 0.4) is 0 Å². The number of Topliss-reactive ketones (excluding diaryl/α,β-unsaturated/α-hetero) is 1. The van der Waals surface area contributed by atoms with Gasteiger partial charge in [0.05, 0.1) is 19.6 Å². The first-order valence-electron chi connectivity index (χ1n) is 25.9. The summed E-state index contributed by atoms with van der Waals surface area (Å²) in [6.07, 6.45) is -23.8. The fraction of sp³-hybridized carbons (Fsp3) is 0.351. The smallest absolute Gasteiger partial charge is 0.229 e. The lowest BCUT2D eigenvalue weighted by atomic mass is 9.75. The number of aliphatic hydroxyl groups is 8. The third-order valence-corrected chi connectivity index (χ3v) is 15.7. The van der Waals surface area contributed by atoms with Crippen molar-refractivity contribution in [2.24, 2.45) is 0 Å². The Labute approximate surface area is 468 Å². The molecule has 0 saturated carbocycles. The van der Waals surface area contributed by atoms with E-state index in [1.165, 1.54) is 24.3 Å². The number of ketones is 1. The van der Waals surface area contributed by atoms with E-state index >= 15 is 0 Å². The average Bonchev–Trinajstić information content (AvgIpc) is 1.21. The van der Waals surface area contributed by atoms with Crippen LogP contribution in [0, 0.1) is 0 Å². The van der Waals surface area contributed by atoms with Crippen molar-refractivity contribution in [3.8, 4) is 86.2 Å². The van der Waals surface area contributed by atoms with Crippen molar-refractivity contribution in [2.75, 3.05) is 13.2 Å². The molecule has 2 saturated heterocycles. The molecule has 83 heavy (non-hydrogen) atoms. The van der Waals surface area contributed by atoms with Crippen LogP contribution >= 0.6 is 0 Å². The Hall–Kier alpha value is -8.41. The van der Waals surface area contributed by atoms with Gasteiger partial charge in [-0.15, -0.1) is 0 Å². The molecule has 18 N–H and O–H groups in total. The molecule has 0 unspecified atom stereocenters. The summed E-state index contributed by atoms with van der Waals surface area (Å²) in [4.78, 5) is 14.4. The van der Waals surface area contributed by atoms with Crippen LogP contribution in [0.1, 0.15) is 98.7 Å². The summed E-state index contributed by atoms with van der Waals surface area (Å²) in [5.74, 6) is -11.7. The van der Waals surface area contributed by atoms with E-state index in [-0.39, 0.29) is 56.9 Å². The van der Waals surface area contributed by atoms with Crippen molar-refractivity contribution in [2.45, 2.75) is 111 Å². The third kappa shape index (κ3) is 9.96. The number of aromatic hydroxyl groups is 10. The van der Waals surface area contributed by atoms with Gasteiger partial charge in [-0.1, -0.05) is 18.2 Å². The summed E-state index contributed by atoms with van der Waals surface area (Å²) < 4.78 is 44.1. The van der Waals surface area contributed by atoms with Crippen LogP contribution in [-0.4, -0.2) is 172 Å². The Bertz CT molecular complexity index is 3490. The zero-order chi connectivity index (χ0) is 59.2. The van der Waals surface area contributed by atoms with Crippen molar-refractivity contribution >= 4 is 5.78 Å². The molecular weight excluding hydrogens is 1100 g/mol. The average molecular weight is 1160 g/mol. The molecule has 6 aromatic rings. The first-order chi connectivity index (χ1) is 39.5. The minimum atomic E-state index is -2.10. The second kappa shape index (κ2) is 21.7. The molecule has 5 heterocycles. The number of hydrogen-bond donors (Lipinski definition) is 18. The zero-order valence-electron chi connectivity index (χ0n) is 43.0. The van der Waals surface area contributed by atoms with Crippen molar-refractivity contribution in [3.63, 3.8) is 0 Å². The van der Waals surface area contributed by atoms with Crippen LogP contribution in [0.2, 0.25) is 0 Å². The van der Waals surface area contributed by atoms with Crippen molar-refractivity contribution in [3.05, 3.63) is 123 Å². The van der Waals surface area contributed by atoms with E-state index in [4.69, 9.17) is 33.2 Å². The van der Waals surface area contributed by atoms with Gasteiger partial charge in [0.2, 0.25) is 12.6 Å². The monoisotopic (exact) mass is 1160 g/mol. The first-order valence-corrected chi connectivity index (χ1v) is 25.9. The summed E-state index contributed by atoms with van der Waals surface area (Å²) in [5, 5.41) is 198. The normalized spacial score (nSPS) is 29.3. The molecule has 11 rings (SSSR count). The summed E-state index contributed by atoms with van der Waals surface area (Å²) in [5.41, 5.74) is -0.796. The van der Waals surface area contributed by atoms with E-state index < -0.39 is 204 Å². The molecule has 0 radical (unpaired) electrons. The van der Waals surface area contributed by atoms with Gasteiger partial charge >= 0.3 is 0 Å². The van der Waals surface area contributed by atoms with Crippen molar-refractivity contribution in [1.82, 2.24) is 0 Å². The maximum Gasteiger partial charge on any atom is 0.229 e. The zero-order valence-corrected chi connectivity index (χ0v) is 43.0. The van der Waals surface area contributed by atoms with Gasteiger partial charge in [-0.2, -0.15) is 0 Å². The van der Waals surface area contributed by atoms with Gasteiger partial charge in [0, 0.05) is 71.2 Å². The van der Waals surface area contributed by atoms with Crippen LogP contribution in [0.15, 0.2) is 78.9 Å². The van der Waals surface area contributed by atoms with E-state index in [2.05, 4.69) is 0 Å². The van der Waals surface area contributed by atoms with Crippen molar-refractivity contribution in [1.29, 1.82) is 0 Å². The Morgan fingerprint density at radius 1 is 0.422 bits per heavy atom. The largest absolute Gasteiger partial charge is 0.508 e. The fourth-order valence-corrected chi connectivity index (χ4v) is 11.5. The molecule has 6 aromatic carbocycles. The highest BCUT2D eigenvalue weighted by Gasteiger charge is 2.50. The highest BCUT2D eigenvalue weighted by atomic mass is 16.7. The van der Waals surface area contributed by atoms with Gasteiger partial charge in [-0.05, 0) is 53.1 Å². The van der Waals surface area contributed by atoms with E-state index in [1.54, 1.807) is 0 Å². The molecule has 26 heteroatoms. The highest BCUT2D eigenvalue weighted by molar-refractivity contribution is 6.03. The van der Waals surface area contributed by atoms with Crippen LogP contribution in [0.5, 0.6) is 86.2 Å². The topological polar surface area (TPSA) is 446 Å². The molecule has 2 fully saturated rings. The number of carbonyl (C=O) groups is 1. The van der Waals surface area contributed by atoms with E-state index in [0.717, 1.165) is 54.6 Å². The molecule has 0 aliphatic carbocycles.